The fourth-order valence-corrected chi connectivity index (χ4v) is 2.98. The smallest absolute Gasteiger partial charge is 0.244 e. The van der Waals surface area contributed by atoms with Crippen molar-refractivity contribution in [2.45, 2.75) is 45.6 Å². The van der Waals surface area contributed by atoms with E-state index >= 15 is 0 Å². The molecular formula is C13H22N2O2. The number of carbonyl (C=O) groups is 2. The molecule has 2 fully saturated rings. The van der Waals surface area contributed by atoms with Gasteiger partial charge in [-0.25, -0.2) is 0 Å². The molecule has 4 nitrogen and oxygen atoms in total. The molecule has 0 spiro atoms. The molecule has 4 heteroatoms. The fourth-order valence-electron chi connectivity index (χ4n) is 2.98. The van der Waals surface area contributed by atoms with Crippen LogP contribution in [0.1, 0.15) is 39.5 Å². The van der Waals surface area contributed by atoms with Crippen molar-refractivity contribution in [1.82, 2.24) is 10.2 Å². The van der Waals surface area contributed by atoms with E-state index in [9.17, 15) is 9.59 Å². The molecule has 1 saturated heterocycles. The summed E-state index contributed by atoms with van der Waals surface area (Å²) in [7, 11) is 0. The van der Waals surface area contributed by atoms with Gasteiger partial charge in [-0.05, 0) is 31.6 Å². The topological polar surface area (TPSA) is 49.4 Å². The zero-order chi connectivity index (χ0) is 12.4. The Morgan fingerprint density at radius 1 is 1.29 bits per heavy atom. The summed E-state index contributed by atoms with van der Waals surface area (Å²) in [5.74, 6) is 1.50. The lowest BCUT2D eigenvalue weighted by Gasteiger charge is -2.25. The van der Waals surface area contributed by atoms with Crippen LogP contribution in [0, 0.1) is 11.8 Å². The quantitative estimate of drug-likeness (QED) is 0.785. The Bertz CT molecular complexity index is 317. The Kier molecular flexibility index (Phi) is 3.69. The van der Waals surface area contributed by atoms with Gasteiger partial charge < -0.3 is 10.2 Å². The molecule has 3 unspecified atom stereocenters. The van der Waals surface area contributed by atoms with Crippen LogP contribution in [-0.4, -0.2) is 35.8 Å². The molecule has 0 bridgehead atoms. The second-order valence-corrected chi connectivity index (χ2v) is 5.61. The number of hydrogen-bond donors (Lipinski definition) is 1. The number of amides is 2. The molecule has 17 heavy (non-hydrogen) atoms. The fraction of sp³-hybridized carbons (Fsp3) is 0.846. The van der Waals surface area contributed by atoms with Gasteiger partial charge in [0.2, 0.25) is 11.8 Å². The Hall–Kier alpha value is -1.06. The van der Waals surface area contributed by atoms with Crippen LogP contribution in [0.25, 0.3) is 0 Å². The zero-order valence-corrected chi connectivity index (χ0v) is 10.7. The van der Waals surface area contributed by atoms with E-state index in [1.165, 1.54) is 19.3 Å². The van der Waals surface area contributed by atoms with Crippen LogP contribution in [0.4, 0.5) is 0 Å². The molecule has 1 heterocycles. The van der Waals surface area contributed by atoms with Gasteiger partial charge in [0, 0.05) is 19.5 Å². The Balaban J connectivity index is 1.94. The highest BCUT2D eigenvalue weighted by molar-refractivity contribution is 5.89. The first kappa shape index (κ1) is 12.4. The molecule has 0 aromatic rings. The van der Waals surface area contributed by atoms with E-state index in [1.54, 1.807) is 6.92 Å². The van der Waals surface area contributed by atoms with E-state index in [0.717, 1.165) is 12.5 Å². The van der Waals surface area contributed by atoms with Crippen LogP contribution < -0.4 is 5.32 Å². The molecule has 1 aliphatic heterocycles. The van der Waals surface area contributed by atoms with E-state index < -0.39 is 0 Å². The lowest BCUT2D eigenvalue weighted by molar-refractivity contribution is -0.133. The van der Waals surface area contributed by atoms with E-state index in [0.29, 0.717) is 18.9 Å². The van der Waals surface area contributed by atoms with Crippen molar-refractivity contribution in [3.8, 4) is 0 Å². The highest BCUT2D eigenvalue weighted by Crippen LogP contribution is 2.31. The molecule has 0 aromatic heterocycles. The molecule has 1 saturated carbocycles. The van der Waals surface area contributed by atoms with Gasteiger partial charge in [0.1, 0.15) is 6.04 Å². The summed E-state index contributed by atoms with van der Waals surface area (Å²) in [6.45, 7) is 5.47. The minimum absolute atomic E-state index is 0.00635. The first-order chi connectivity index (χ1) is 8.06. The van der Waals surface area contributed by atoms with E-state index in [1.807, 2.05) is 4.90 Å². The minimum Gasteiger partial charge on any atom is -0.345 e. The summed E-state index contributed by atoms with van der Waals surface area (Å²) in [6, 6.07) is -0.358. The molecule has 3 atom stereocenters. The van der Waals surface area contributed by atoms with Crippen molar-refractivity contribution in [3.63, 3.8) is 0 Å². The highest BCUT2D eigenvalue weighted by atomic mass is 16.2. The number of nitrogens with zero attached hydrogens (tertiary/aromatic N) is 1. The maximum atomic E-state index is 12.1. The molecule has 1 aliphatic carbocycles. The number of rotatable bonds is 2. The third kappa shape index (κ3) is 2.99. The van der Waals surface area contributed by atoms with Crippen molar-refractivity contribution < 1.29 is 9.59 Å². The van der Waals surface area contributed by atoms with Crippen molar-refractivity contribution in [1.29, 1.82) is 0 Å². The predicted octanol–water partition coefficient (Wildman–Crippen LogP) is 1.16. The molecule has 2 rings (SSSR count). The zero-order valence-electron chi connectivity index (χ0n) is 10.7. The monoisotopic (exact) mass is 238 g/mol. The van der Waals surface area contributed by atoms with Crippen LogP contribution in [0.15, 0.2) is 0 Å². The molecular weight excluding hydrogens is 216 g/mol. The van der Waals surface area contributed by atoms with Crippen LogP contribution in [0.5, 0.6) is 0 Å². The SMILES string of the molecule is CC1CCC(CN2CCC(=O)NC(C)C2=O)C1. The normalized spacial score (nSPS) is 34.7. The van der Waals surface area contributed by atoms with Gasteiger partial charge in [-0.1, -0.05) is 13.3 Å². The van der Waals surface area contributed by atoms with Crippen molar-refractivity contribution in [3.05, 3.63) is 0 Å². The van der Waals surface area contributed by atoms with E-state index in [4.69, 9.17) is 0 Å². The minimum atomic E-state index is -0.358. The number of nitrogens with one attached hydrogen (secondary N) is 1. The summed E-state index contributed by atoms with van der Waals surface area (Å²) < 4.78 is 0. The first-order valence-electron chi connectivity index (χ1n) is 6.64. The maximum Gasteiger partial charge on any atom is 0.244 e. The third-order valence-electron chi connectivity index (χ3n) is 3.95. The summed E-state index contributed by atoms with van der Waals surface area (Å²) in [4.78, 5) is 25.3. The summed E-state index contributed by atoms with van der Waals surface area (Å²) in [6.07, 6.45) is 4.16. The van der Waals surface area contributed by atoms with Gasteiger partial charge in [0.15, 0.2) is 0 Å². The Morgan fingerprint density at radius 2 is 2.06 bits per heavy atom. The van der Waals surface area contributed by atoms with Gasteiger partial charge in [-0.3, -0.25) is 9.59 Å². The average Bonchev–Trinajstić information content (AvgIpc) is 2.64. The van der Waals surface area contributed by atoms with Gasteiger partial charge in [-0.2, -0.15) is 0 Å². The number of carbonyl (C=O) groups excluding carboxylic acids is 2. The predicted molar refractivity (Wildman–Crippen MR) is 65.3 cm³/mol. The van der Waals surface area contributed by atoms with Crippen molar-refractivity contribution >= 4 is 11.8 Å². The summed E-state index contributed by atoms with van der Waals surface area (Å²) >= 11 is 0. The highest BCUT2D eigenvalue weighted by Gasteiger charge is 2.30. The van der Waals surface area contributed by atoms with Crippen molar-refractivity contribution in [2.24, 2.45) is 11.8 Å². The molecule has 2 amide bonds. The van der Waals surface area contributed by atoms with Crippen LogP contribution in [0.3, 0.4) is 0 Å². The maximum absolute atomic E-state index is 12.1. The summed E-state index contributed by atoms with van der Waals surface area (Å²) in [5, 5.41) is 2.73. The van der Waals surface area contributed by atoms with Gasteiger partial charge in [0.25, 0.3) is 0 Å². The standard InChI is InChI=1S/C13H22N2O2/c1-9-3-4-11(7-9)8-15-6-5-12(16)14-10(2)13(15)17/h9-11H,3-8H2,1-2H3,(H,14,16). The largest absolute Gasteiger partial charge is 0.345 e. The number of hydrogen-bond acceptors (Lipinski definition) is 2. The molecule has 2 aliphatic rings. The van der Waals surface area contributed by atoms with Crippen LogP contribution >= 0.6 is 0 Å². The Morgan fingerprint density at radius 3 is 2.71 bits per heavy atom. The van der Waals surface area contributed by atoms with Crippen LogP contribution in [-0.2, 0) is 9.59 Å². The molecule has 96 valence electrons. The molecule has 1 N–H and O–H groups in total. The molecule has 0 aromatic carbocycles. The summed E-state index contributed by atoms with van der Waals surface area (Å²) in [5.41, 5.74) is 0. The van der Waals surface area contributed by atoms with E-state index in [2.05, 4.69) is 12.2 Å². The van der Waals surface area contributed by atoms with Crippen LogP contribution in [0.2, 0.25) is 0 Å². The molecule has 0 radical (unpaired) electrons. The lowest BCUT2D eigenvalue weighted by Crippen LogP contribution is -2.44. The Labute approximate surface area is 103 Å². The van der Waals surface area contributed by atoms with Crippen molar-refractivity contribution in [2.75, 3.05) is 13.1 Å². The average molecular weight is 238 g/mol. The second kappa shape index (κ2) is 5.07. The third-order valence-corrected chi connectivity index (χ3v) is 3.95. The first-order valence-corrected chi connectivity index (χ1v) is 6.64. The van der Waals surface area contributed by atoms with Gasteiger partial charge in [0.05, 0.1) is 0 Å². The van der Waals surface area contributed by atoms with E-state index in [-0.39, 0.29) is 17.9 Å². The van der Waals surface area contributed by atoms with Gasteiger partial charge >= 0.3 is 0 Å². The second-order valence-electron chi connectivity index (χ2n) is 5.61. The van der Waals surface area contributed by atoms with Gasteiger partial charge in [-0.15, -0.1) is 0 Å². The lowest BCUT2D eigenvalue weighted by atomic mass is 10.1.